The molecule has 3 heterocycles. The first kappa shape index (κ1) is 30.1. The predicted octanol–water partition coefficient (Wildman–Crippen LogP) is 6.03. The van der Waals surface area contributed by atoms with E-state index in [-0.39, 0.29) is 23.3 Å². The van der Waals surface area contributed by atoms with Gasteiger partial charge >= 0.3 is 0 Å². The van der Waals surface area contributed by atoms with Crippen molar-refractivity contribution in [2.45, 2.75) is 28.9 Å². The van der Waals surface area contributed by atoms with Crippen LogP contribution < -0.4 is 19.8 Å². The Morgan fingerprint density at radius 2 is 1.75 bits per heavy atom. The van der Waals surface area contributed by atoms with E-state index in [1.807, 2.05) is 42.5 Å². The Hall–Kier alpha value is -3.93. The third-order valence-corrected chi connectivity index (χ3v) is 9.74. The van der Waals surface area contributed by atoms with Gasteiger partial charge in [0.2, 0.25) is 0 Å². The molecular formula is C32H29ClN4O5S2. The van der Waals surface area contributed by atoms with Gasteiger partial charge in [0.15, 0.2) is 16.7 Å². The summed E-state index contributed by atoms with van der Waals surface area (Å²) in [5.74, 6) is 2.51. The largest absolute Gasteiger partial charge is 0.497 e. The van der Waals surface area contributed by atoms with Gasteiger partial charge < -0.3 is 14.2 Å². The number of amides is 1. The minimum Gasteiger partial charge on any atom is -0.497 e. The monoisotopic (exact) mass is 648 g/mol. The molecule has 1 unspecified atom stereocenters. The number of aryl methyl sites for hydroxylation is 1. The molecule has 0 radical (unpaired) electrons. The first-order chi connectivity index (χ1) is 21.4. The minimum absolute atomic E-state index is 0.0230. The lowest BCUT2D eigenvalue weighted by Gasteiger charge is -2.23. The van der Waals surface area contributed by atoms with Crippen molar-refractivity contribution in [3.05, 3.63) is 98.9 Å². The second kappa shape index (κ2) is 13.0. The van der Waals surface area contributed by atoms with Crippen molar-refractivity contribution in [3.63, 3.8) is 0 Å². The number of benzene rings is 3. The quantitative estimate of drug-likeness (QED) is 0.160. The fourth-order valence-corrected chi connectivity index (χ4v) is 7.25. The molecule has 9 nitrogen and oxygen atoms in total. The molecule has 6 rings (SSSR count). The Bertz CT molecular complexity index is 1790. The second-order valence-electron chi connectivity index (χ2n) is 10.0. The van der Waals surface area contributed by atoms with Gasteiger partial charge in [0, 0.05) is 23.6 Å². The van der Waals surface area contributed by atoms with E-state index >= 15 is 0 Å². The summed E-state index contributed by atoms with van der Waals surface area (Å²) in [6.07, 6.45) is 1.21. The molecular weight excluding hydrogens is 620 g/mol. The summed E-state index contributed by atoms with van der Waals surface area (Å²) in [6, 6.07) is 19.9. The molecule has 0 saturated heterocycles. The van der Waals surface area contributed by atoms with Crippen LogP contribution in [0.1, 0.15) is 29.3 Å². The minimum atomic E-state index is -0.372. The third-order valence-electron chi connectivity index (χ3n) is 7.46. The number of hydrogen-bond acceptors (Lipinski definition) is 9. The maximum Gasteiger partial charge on any atom is 0.272 e. The SMILES string of the molecule is COc1ccc(C2=NN(C(=O)CSc3nc4c(c(=O)n3-c3ccc(Cl)cc3)SCC4)C(c3ccc(OC)c(OC)c3)C2)cc1. The highest BCUT2D eigenvalue weighted by Gasteiger charge is 2.34. The highest BCUT2D eigenvalue weighted by Crippen LogP contribution is 2.38. The number of rotatable bonds is 9. The Balaban J connectivity index is 1.33. The number of nitrogens with zero attached hydrogens (tertiary/aromatic N) is 4. The molecule has 44 heavy (non-hydrogen) atoms. The second-order valence-corrected chi connectivity index (χ2v) is 12.5. The number of methoxy groups -OCH3 is 3. The molecule has 0 bridgehead atoms. The fraction of sp³-hybridized carbons (Fsp3) is 0.250. The lowest BCUT2D eigenvalue weighted by Crippen LogP contribution is -2.29. The predicted molar refractivity (Wildman–Crippen MR) is 173 cm³/mol. The molecule has 226 valence electrons. The average molecular weight is 649 g/mol. The summed E-state index contributed by atoms with van der Waals surface area (Å²) < 4.78 is 17.9. The van der Waals surface area contributed by atoms with Gasteiger partial charge in [0.05, 0.1) is 55.1 Å². The Kier molecular flexibility index (Phi) is 8.88. The standard InChI is InChI=1S/C32H29ClN4O5S2/c1-40-23-11-4-19(5-12-23)25-17-26(20-6-13-27(41-2)28(16-20)42-3)37(35-25)29(38)18-44-32-34-24-14-15-43-30(24)31(39)36(32)22-9-7-21(33)8-10-22/h4-13,16,26H,14-15,17-18H2,1-3H3. The summed E-state index contributed by atoms with van der Waals surface area (Å²) in [6.45, 7) is 0. The van der Waals surface area contributed by atoms with Gasteiger partial charge in [-0.15, -0.1) is 11.8 Å². The maximum absolute atomic E-state index is 14.0. The normalized spacial score (nSPS) is 15.6. The molecule has 3 aromatic carbocycles. The first-order valence-electron chi connectivity index (χ1n) is 13.8. The first-order valence-corrected chi connectivity index (χ1v) is 16.2. The van der Waals surface area contributed by atoms with Gasteiger partial charge in [-0.1, -0.05) is 29.4 Å². The topological polar surface area (TPSA) is 95.2 Å². The van der Waals surface area contributed by atoms with E-state index in [9.17, 15) is 9.59 Å². The van der Waals surface area contributed by atoms with Crippen molar-refractivity contribution >= 4 is 46.7 Å². The molecule has 2 aliphatic heterocycles. The smallest absolute Gasteiger partial charge is 0.272 e. The number of hydrazone groups is 1. The number of ether oxygens (including phenoxy) is 3. The highest BCUT2D eigenvalue weighted by molar-refractivity contribution is 8.00. The molecule has 4 aromatic rings. The van der Waals surface area contributed by atoms with Crippen molar-refractivity contribution in [1.29, 1.82) is 0 Å². The average Bonchev–Trinajstić information content (AvgIpc) is 3.72. The van der Waals surface area contributed by atoms with Gasteiger partial charge in [0.1, 0.15) is 5.75 Å². The summed E-state index contributed by atoms with van der Waals surface area (Å²) in [5.41, 5.74) is 3.80. The van der Waals surface area contributed by atoms with E-state index in [1.54, 1.807) is 50.2 Å². The molecule has 0 aliphatic carbocycles. The van der Waals surface area contributed by atoms with Gasteiger partial charge in [-0.05, 0) is 71.8 Å². The Morgan fingerprint density at radius 3 is 2.45 bits per heavy atom. The number of carbonyl (C=O) groups excluding carboxylic acids is 1. The summed E-state index contributed by atoms with van der Waals surface area (Å²) in [4.78, 5) is 33.0. The highest BCUT2D eigenvalue weighted by atomic mass is 35.5. The van der Waals surface area contributed by atoms with Crippen LogP contribution in [0.5, 0.6) is 17.2 Å². The van der Waals surface area contributed by atoms with E-state index in [2.05, 4.69) is 0 Å². The molecule has 2 aliphatic rings. The summed E-state index contributed by atoms with van der Waals surface area (Å²) >= 11 is 8.86. The van der Waals surface area contributed by atoms with Crippen molar-refractivity contribution in [2.24, 2.45) is 5.10 Å². The van der Waals surface area contributed by atoms with E-state index in [0.29, 0.717) is 45.1 Å². The zero-order chi connectivity index (χ0) is 30.8. The lowest BCUT2D eigenvalue weighted by molar-refractivity contribution is -0.130. The van der Waals surface area contributed by atoms with Gasteiger partial charge in [-0.2, -0.15) is 5.10 Å². The van der Waals surface area contributed by atoms with E-state index in [0.717, 1.165) is 34.0 Å². The van der Waals surface area contributed by atoms with Crippen molar-refractivity contribution in [3.8, 4) is 22.9 Å². The molecule has 1 aromatic heterocycles. The summed E-state index contributed by atoms with van der Waals surface area (Å²) in [7, 11) is 4.78. The van der Waals surface area contributed by atoms with Crippen molar-refractivity contribution in [2.75, 3.05) is 32.8 Å². The van der Waals surface area contributed by atoms with Crippen LogP contribution in [0, 0.1) is 0 Å². The van der Waals surface area contributed by atoms with E-state index < -0.39 is 0 Å². The molecule has 12 heteroatoms. The molecule has 0 fully saturated rings. The van der Waals surface area contributed by atoms with Crippen molar-refractivity contribution < 1.29 is 19.0 Å². The molecule has 0 saturated carbocycles. The number of fused-ring (bicyclic) bond motifs is 1. The Morgan fingerprint density at radius 1 is 1.00 bits per heavy atom. The number of aromatic nitrogens is 2. The zero-order valence-electron chi connectivity index (χ0n) is 24.3. The number of hydrogen-bond donors (Lipinski definition) is 0. The zero-order valence-corrected chi connectivity index (χ0v) is 26.7. The van der Waals surface area contributed by atoms with Crippen LogP contribution in [0.25, 0.3) is 5.69 Å². The molecule has 0 N–H and O–H groups in total. The van der Waals surface area contributed by atoms with Gasteiger partial charge in [-0.25, -0.2) is 9.99 Å². The fourth-order valence-electron chi connectivity index (χ4n) is 5.22. The Labute approximate surface area is 268 Å². The van der Waals surface area contributed by atoms with Crippen LogP contribution in [-0.2, 0) is 11.2 Å². The molecule has 1 amide bonds. The molecule has 0 spiro atoms. The lowest BCUT2D eigenvalue weighted by atomic mass is 9.98. The van der Waals surface area contributed by atoms with E-state index in [1.165, 1.54) is 28.5 Å². The van der Waals surface area contributed by atoms with Crippen LogP contribution >= 0.6 is 35.1 Å². The summed E-state index contributed by atoms with van der Waals surface area (Å²) in [5, 5.41) is 7.36. The van der Waals surface area contributed by atoms with Crippen LogP contribution in [0.15, 0.2) is 86.7 Å². The van der Waals surface area contributed by atoms with E-state index in [4.69, 9.17) is 35.9 Å². The van der Waals surface area contributed by atoms with Gasteiger partial charge in [-0.3, -0.25) is 14.2 Å². The van der Waals surface area contributed by atoms with Crippen LogP contribution in [0.4, 0.5) is 0 Å². The molecule has 1 atom stereocenters. The van der Waals surface area contributed by atoms with Crippen LogP contribution in [-0.4, -0.2) is 59.0 Å². The third kappa shape index (κ3) is 5.91. The van der Waals surface area contributed by atoms with Crippen LogP contribution in [0.2, 0.25) is 5.02 Å². The number of carbonyl (C=O) groups is 1. The maximum atomic E-state index is 14.0. The number of thioether (sulfide) groups is 2. The number of halogens is 1. The van der Waals surface area contributed by atoms with Gasteiger partial charge in [0.25, 0.3) is 11.5 Å². The van der Waals surface area contributed by atoms with Crippen LogP contribution in [0.3, 0.4) is 0 Å². The van der Waals surface area contributed by atoms with Crippen molar-refractivity contribution in [1.82, 2.24) is 14.6 Å².